The Kier molecular flexibility index (Phi) is 43.1. The van der Waals surface area contributed by atoms with Crippen molar-refractivity contribution in [3.63, 3.8) is 0 Å². The van der Waals surface area contributed by atoms with Gasteiger partial charge in [0.05, 0.1) is 86.1 Å². The molecule has 108 heavy (non-hydrogen) atoms. The van der Waals surface area contributed by atoms with Gasteiger partial charge in [0.15, 0.2) is 0 Å². The van der Waals surface area contributed by atoms with Gasteiger partial charge in [0.2, 0.25) is 13.6 Å². The minimum absolute atomic E-state index is 0.0894. The van der Waals surface area contributed by atoms with Crippen molar-refractivity contribution in [3.05, 3.63) is 203 Å². The molecule has 0 atom stereocenters. The number of likely N-dealkylation sites (N-methyl/N-ethyl adjacent to an activating group) is 2. The molecule has 0 spiro atoms. The van der Waals surface area contributed by atoms with Crippen LogP contribution in [0, 0.1) is 43.9 Å². The van der Waals surface area contributed by atoms with Crippen LogP contribution >= 0.6 is 0 Å². The fourth-order valence-corrected chi connectivity index (χ4v) is 7.79. The summed E-state index contributed by atoms with van der Waals surface area (Å²) in [6, 6.07) is 38.8. The second-order valence-corrected chi connectivity index (χ2v) is 31.4. The third-order valence-corrected chi connectivity index (χ3v) is 17.1. The van der Waals surface area contributed by atoms with Crippen molar-refractivity contribution in [1.82, 2.24) is 0 Å². The highest BCUT2D eigenvalue weighted by molar-refractivity contribution is 7.86. The number of quaternary nitrogens is 2. The summed E-state index contributed by atoms with van der Waals surface area (Å²) in [6.45, 7) is 39.4. The van der Waals surface area contributed by atoms with E-state index in [0.717, 1.165) is 57.2 Å². The molecule has 0 fully saturated rings. The van der Waals surface area contributed by atoms with Gasteiger partial charge in [-0.1, -0.05) is 105 Å². The first kappa shape index (κ1) is 98.4. The molecule has 26 heteroatoms. The van der Waals surface area contributed by atoms with Crippen LogP contribution in [0.15, 0.2) is 180 Å². The molecule has 6 aromatic rings. The quantitative estimate of drug-likeness (QED) is 0.00879. The summed E-state index contributed by atoms with van der Waals surface area (Å²) < 4.78 is 110. The number of rotatable bonds is 27. The fourth-order valence-electron chi connectivity index (χ4n) is 6.85. The van der Waals surface area contributed by atoms with Gasteiger partial charge in [-0.15, -0.1) is 0 Å². The van der Waals surface area contributed by atoms with Crippen LogP contribution in [0.25, 0.3) is 0 Å². The van der Waals surface area contributed by atoms with Crippen LogP contribution in [0.4, 0.5) is 0 Å². The molecule has 596 valence electrons. The smallest absolute Gasteiger partial charge is 0.343 e. The number of esters is 7. The van der Waals surface area contributed by atoms with Crippen molar-refractivity contribution in [2.75, 3.05) is 88.8 Å². The number of aryl methyl sites for hydroxylation is 4. The van der Waals surface area contributed by atoms with Crippen LogP contribution in [0.3, 0.4) is 0 Å². The van der Waals surface area contributed by atoms with Crippen molar-refractivity contribution in [2.24, 2.45) is 16.2 Å². The van der Waals surface area contributed by atoms with E-state index in [1.807, 2.05) is 121 Å². The Bertz CT molecular complexity index is 3950. The van der Waals surface area contributed by atoms with E-state index in [2.05, 4.69) is 55.4 Å². The second-order valence-electron chi connectivity index (χ2n) is 28.7. The van der Waals surface area contributed by atoms with Crippen molar-refractivity contribution < 1.29 is 111 Å². The van der Waals surface area contributed by atoms with Crippen molar-refractivity contribution in [3.8, 4) is 23.0 Å². The second kappa shape index (κ2) is 47.3. The number of carbonyl (C=O) groups excluding carboxylic acids is 7. The molecule has 0 aliphatic rings. The van der Waals surface area contributed by atoms with Gasteiger partial charge in [0.1, 0.15) is 69.5 Å². The van der Waals surface area contributed by atoms with Crippen LogP contribution in [0.2, 0.25) is 0 Å². The van der Waals surface area contributed by atoms with Gasteiger partial charge < -0.3 is 60.7 Å². The Balaban J connectivity index is 0.00000128. The maximum atomic E-state index is 12.1. The van der Waals surface area contributed by atoms with Crippen molar-refractivity contribution in [1.29, 1.82) is 0 Å². The topological polar surface area (TPSA) is 317 Å². The van der Waals surface area contributed by atoms with E-state index < -0.39 is 43.6 Å². The lowest BCUT2D eigenvalue weighted by molar-refractivity contribution is -0.870. The first-order valence-corrected chi connectivity index (χ1v) is 37.5. The molecule has 0 heterocycles. The highest BCUT2D eigenvalue weighted by Gasteiger charge is 2.29. The minimum atomic E-state index is -4.27. The van der Waals surface area contributed by atoms with E-state index in [9.17, 15) is 59.5 Å². The lowest BCUT2D eigenvalue weighted by Gasteiger charge is -2.25. The Morgan fingerprint density at radius 2 is 0.639 bits per heavy atom. The van der Waals surface area contributed by atoms with Gasteiger partial charge in [-0.25, -0.2) is 36.0 Å². The summed E-state index contributed by atoms with van der Waals surface area (Å²) in [5.41, 5.74) is 4.40. The van der Waals surface area contributed by atoms with Crippen molar-refractivity contribution in [2.45, 2.75) is 140 Å². The predicted octanol–water partition coefficient (Wildman–Crippen LogP) is 14.5. The Hall–Kier alpha value is -9.57. The first-order chi connectivity index (χ1) is 49.8. The largest absolute Gasteiger partial charge is 0.744 e. The molecule has 0 bridgehead atoms. The maximum Gasteiger partial charge on any atom is 0.343 e. The molecule has 6 rings (SSSR count). The van der Waals surface area contributed by atoms with Gasteiger partial charge in [-0.05, 0) is 206 Å². The zero-order valence-electron chi connectivity index (χ0n) is 67.0. The average molecular weight is 1540 g/mol. The molecule has 0 amide bonds. The van der Waals surface area contributed by atoms with Gasteiger partial charge >= 0.3 is 41.8 Å². The number of nitrogens with zero attached hydrogens (tertiary/aromatic N) is 2. The van der Waals surface area contributed by atoms with E-state index in [4.69, 9.17) is 42.6 Å². The Morgan fingerprint density at radius 3 is 0.917 bits per heavy atom. The van der Waals surface area contributed by atoms with E-state index in [-0.39, 0.29) is 58.1 Å². The third kappa shape index (κ3) is 43.3. The molecular formula is C82H114N2O22S2. The Morgan fingerprint density at radius 1 is 0.380 bits per heavy atom. The minimum Gasteiger partial charge on any atom is -0.744 e. The lowest BCUT2D eigenvalue weighted by Crippen LogP contribution is -2.39. The van der Waals surface area contributed by atoms with Crippen LogP contribution in [-0.4, -0.2) is 165 Å². The number of hydrogen-bond donors (Lipinski definition) is 0. The van der Waals surface area contributed by atoms with Crippen LogP contribution in [0.5, 0.6) is 23.0 Å². The lowest BCUT2D eigenvalue weighted by atomic mass is 9.91. The summed E-state index contributed by atoms with van der Waals surface area (Å²) in [7, 11) is 3.86. The molecule has 0 aliphatic carbocycles. The van der Waals surface area contributed by atoms with E-state index >= 15 is 0 Å². The van der Waals surface area contributed by atoms with Gasteiger partial charge in [0, 0.05) is 11.1 Å². The molecular weight excluding hydrogens is 1430 g/mol. The van der Waals surface area contributed by atoms with Gasteiger partial charge in [0.25, 0.3) is 0 Å². The van der Waals surface area contributed by atoms with E-state index in [0.29, 0.717) is 71.5 Å². The number of hydrogen-bond acceptors (Lipinski definition) is 22. The summed E-state index contributed by atoms with van der Waals surface area (Å²) in [4.78, 5) is 80.4. The van der Waals surface area contributed by atoms with E-state index in [1.54, 1.807) is 111 Å². The predicted molar refractivity (Wildman–Crippen MR) is 413 cm³/mol. The molecule has 0 saturated heterocycles. The molecule has 0 radical (unpaired) electrons. The Labute approximate surface area is 641 Å². The highest BCUT2D eigenvalue weighted by Crippen LogP contribution is 2.25. The molecule has 0 saturated carbocycles. The molecule has 0 unspecified atom stereocenters. The molecule has 0 aliphatic heterocycles. The summed E-state index contributed by atoms with van der Waals surface area (Å²) in [5, 5.41) is 0. The van der Waals surface area contributed by atoms with Crippen molar-refractivity contribution >= 4 is 62.0 Å². The summed E-state index contributed by atoms with van der Waals surface area (Å²) >= 11 is 0. The number of ether oxygens (including phenoxy) is 9. The molecule has 6 aromatic carbocycles. The molecule has 0 aromatic heterocycles. The van der Waals surface area contributed by atoms with Crippen LogP contribution < -0.4 is 18.9 Å². The zero-order valence-corrected chi connectivity index (χ0v) is 68.7. The molecule has 24 nitrogen and oxygen atoms in total. The normalized spacial score (nSPS) is 11.1. The van der Waals surface area contributed by atoms with Gasteiger partial charge in [-0.2, -0.15) is 0 Å². The van der Waals surface area contributed by atoms with E-state index in [1.165, 1.54) is 24.3 Å². The maximum absolute atomic E-state index is 12.1. The van der Waals surface area contributed by atoms with Crippen LogP contribution in [-0.2, 0) is 67.9 Å². The highest BCUT2D eigenvalue weighted by atomic mass is 32.2. The van der Waals surface area contributed by atoms with Crippen LogP contribution in [0.1, 0.15) is 145 Å². The van der Waals surface area contributed by atoms with Gasteiger partial charge in [-0.3, -0.25) is 14.4 Å². The SMILES string of the molecule is C=C(C)C(=O)OCC[N+](C)(C)C.C=C(C)C(=O)OCOc1ccc(C(=O)Oc2ccc(C)cc2)cc1.CCC(C)(C)C(=O)OCC[N+](C)(C)C.CCC(C)(C)C(=O)OCOc1ccc(C(=O)Oc2ccc(C)cc2)cc1.CCOC(=O)C(C)(C)CC.Cc1ccc(S(=O)(=O)[O-])cc1.Cc1ccc(S(=O)(=O)[O-])cc1. The third-order valence-electron chi connectivity index (χ3n) is 15.4. The number of carbonyl (C=O) groups is 7. The standard InChI is InChI=1S/C21H24O5.C19H18O5.C11H24NO2.C9H18NO2.C8H16O2.2C7H8O3S/c1-5-21(3,4)20(23)25-14-24-17-12-8-16(9-13-17)19(22)26-18-10-6-15(2)7-11-18;1-13(2)18(20)23-12-22-16-10-6-15(7-11-16)19(21)24-17-8-4-14(3)5-9-17;1-7-11(2,3)10(13)14-9-8-12(4,5)6;1-8(2)9(11)12-7-6-10(3,4)5;1-5-8(3,4)7(9)10-6-2;2*1-6-2-4-7(5-3-6)11(8,9)10/h6-13H,5,14H2,1-4H3;4-11H,1,12H2,2-3H3;7-9H2,1-6H3;1,6-7H2,2-5H3;5-6H2,1-4H3;2*2-5H,1H3,(H,8,9,10)/q;;2*+1;;;/p-2. The average Bonchev–Trinajstić information content (AvgIpc) is 0.864. The number of benzene rings is 6. The fraction of sp³-hybridized carbons (Fsp3) is 0.427. The summed E-state index contributed by atoms with van der Waals surface area (Å²) in [5.74, 6) is -0.281. The first-order valence-electron chi connectivity index (χ1n) is 34.7. The zero-order chi connectivity index (χ0) is 83.0. The summed E-state index contributed by atoms with van der Waals surface area (Å²) in [6.07, 6.45) is 2.33. The molecule has 0 N–H and O–H groups in total. The monoisotopic (exact) mass is 1540 g/mol.